The van der Waals surface area contributed by atoms with E-state index >= 15 is 8.60 Å². The van der Waals surface area contributed by atoms with Gasteiger partial charge in [0.05, 0.1) is 18.8 Å². The molecule has 3 amide bonds. The molecule has 1 aliphatic heterocycles. The Morgan fingerprint density at radius 3 is 1.91 bits per heavy atom. The van der Waals surface area contributed by atoms with Crippen LogP contribution in [0, 0.1) is 5.82 Å². The third kappa shape index (κ3) is 5.98. The standard InChI is InChI=1S/C40H39FN6O5S/c1-46(39(49)50)29-24-47-37(52-25-29)34(23-42-47)53(51,44-38(48)43-36-32-21-11-19-30(32)35(41)31-20-12-22-33(31)36)45-40(26-13-5-2-6-14-26,27-15-7-3-8-16-27)28-17-9-4-10-18-28/h2-10,13-18,23,29H,11-12,19-22,24-25H2,1H3,(H,49,50)(H2,43,44,45,48,51)/t29-,53?/m0/s1. The summed E-state index contributed by atoms with van der Waals surface area (Å²) < 4.78 is 47.3. The number of aromatic nitrogens is 2. The van der Waals surface area contributed by atoms with Crippen molar-refractivity contribution in [2.24, 2.45) is 4.36 Å². The minimum Gasteiger partial charge on any atom is -0.475 e. The van der Waals surface area contributed by atoms with Gasteiger partial charge in [0.2, 0.25) is 5.88 Å². The number of rotatable bonds is 8. The van der Waals surface area contributed by atoms with Gasteiger partial charge in [0.25, 0.3) is 0 Å². The number of benzene rings is 4. The second-order valence-electron chi connectivity index (χ2n) is 13.6. The van der Waals surface area contributed by atoms with Gasteiger partial charge in [-0.25, -0.2) is 27.6 Å². The zero-order valence-corrected chi connectivity index (χ0v) is 29.9. The third-order valence-electron chi connectivity index (χ3n) is 10.6. The number of hydrogen-bond donors (Lipinski definition) is 3. The summed E-state index contributed by atoms with van der Waals surface area (Å²) in [5, 5.41) is 17.1. The molecule has 2 aliphatic carbocycles. The molecule has 13 heteroatoms. The lowest BCUT2D eigenvalue weighted by Crippen LogP contribution is -2.45. The largest absolute Gasteiger partial charge is 0.475 e. The summed E-state index contributed by atoms with van der Waals surface area (Å²) in [7, 11) is -2.58. The number of nitrogens with zero attached hydrogens (tertiary/aromatic N) is 4. The second kappa shape index (κ2) is 13.7. The van der Waals surface area contributed by atoms with Crippen LogP contribution in [-0.4, -0.2) is 55.8 Å². The first-order valence-electron chi connectivity index (χ1n) is 17.7. The fourth-order valence-corrected chi connectivity index (χ4v) is 9.81. The molecule has 2 heterocycles. The van der Waals surface area contributed by atoms with Crippen molar-refractivity contribution in [2.75, 3.05) is 19.0 Å². The summed E-state index contributed by atoms with van der Waals surface area (Å²) in [5.41, 5.74) is 4.12. The van der Waals surface area contributed by atoms with Gasteiger partial charge in [0, 0.05) is 12.7 Å². The first-order chi connectivity index (χ1) is 25.7. The van der Waals surface area contributed by atoms with Gasteiger partial charge in [-0.3, -0.25) is 0 Å². The number of carbonyl (C=O) groups is 2. The van der Waals surface area contributed by atoms with E-state index < -0.39 is 33.6 Å². The Labute approximate surface area is 307 Å². The Morgan fingerprint density at radius 1 is 0.887 bits per heavy atom. The second-order valence-corrected chi connectivity index (χ2v) is 15.5. The van der Waals surface area contributed by atoms with E-state index in [0.717, 1.165) is 28.9 Å². The van der Waals surface area contributed by atoms with Crippen LogP contribution in [0.2, 0.25) is 0 Å². The molecular formula is C40H39FN6O5S. The van der Waals surface area contributed by atoms with Crippen molar-refractivity contribution >= 4 is 27.7 Å². The molecule has 0 saturated carbocycles. The molecule has 0 bridgehead atoms. The van der Waals surface area contributed by atoms with E-state index in [1.54, 1.807) is 0 Å². The summed E-state index contributed by atoms with van der Waals surface area (Å²) in [6.45, 7) is 0.104. The van der Waals surface area contributed by atoms with E-state index in [9.17, 15) is 14.7 Å². The predicted octanol–water partition coefficient (Wildman–Crippen LogP) is 6.93. The molecule has 0 saturated heterocycles. The van der Waals surface area contributed by atoms with Crippen molar-refractivity contribution in [3.63, 3.8) is 0 Å². The number of carboxylic acid groups (broad SMARTS) is 1. The van der Waals surface area contributed by atoms with E-state index in [1.807, 2.05) is 91.0 Å². The number of anilines is 1. The van der Waals surface area contributed by atoms with Gasteiger partial charge in [-0.1, -0.05) is 91.0 Å². The minimum atomic E-state index is -4.03. The summed E-state index contributed by atoms with van der Waals surface area (Å²) in [5.74, 6) is -0.0515. The van der Waals surface area contributed by atoms with Crippen LogP contribution in [0.4, 0.5) is 19.7 Å². The van der Waals surface area contributed by atoms with Crippen molar-refractivity contribution in [3.05, 3.63) is 142 Å². The normalized spacial score (nSPS) is 17.1. The van der Waals surface area contributed by atoms with E-state index in [1.165, 1.54) is 17.9 Å². The Balaban J connectivity index is 1.33. The zero-order valence-electron chi connectivity index (χ0n) is 29.1. The summed E-state index contributed by atoms with van der Waals surface area (Å²) in [6, 6.07) is 27.1. The van der Waals surface area contributed by atoms with E-state index in [0.29, 0.717) is 59.2 Å². The number of fused-ring (bicyclic) bond motifs is 3. The molecule has 1 unspecified atom stereocenters. The van der Waals surface area contributed by atoms with Crippen molar-refractivity contribution in [1.29, 1.82) is 0 Å². The van der Waals surface area contributed by atoms with Gasteiger partial charge in [0.15, 0.2) is 9.92 Å². The van der Waals surface area contributed by atoms with Crippen LogP contribution in [0.3, 0.4) is 0 Å². The molecule has 11 nitrogen and oxygen atoms in total. The van der Waals surface area contributed by atoms with Crippen LogP contribution in [0.1, 0.15) is 51.8 Å². The highest BCUT2D eigenvalue weighted by molar-refractivity contribution is 7.92. The van der Waals surface area contributed by atoms with Gasteiger partial charge in [0.1, 0.15) is 22.9 Å². The Bertz CT molecular complexity index is 2190. The first-order valence-corrected chi connectivity index (χ1v) is 19.2. The smallest absolute Gasteiger partial charge is 0.407 e. The monoisotopic (exact) mass is 734 g/mol. The van der Waals surface area contributed by atoms with Crippen molar-refractivity contribution < 1.29 is 28.0 Å². The van der Waals surface area contributed by atoms with Crippen LogP contribution in [0.15, 0.2) is 106 Å². The lowest BCUT2D eigenvalue weighted by molar-refractivity contribution is 0.0874. The predicted molar refractivity (Wildman–Crippen MR) is 198 cm³/mol. The molecule has 0 spiro atoms. The topological polar surface area (TPSA) is 138 Å². The number of likely N-dealkylation sites (N-methyl/N-ethyl adjacent to an activating group) is 1. The first kappa shape index (κ1) is 34.4. The van der Waals surface area contributed by atoms with Crippen LogP contribution in [-0.2, 0) is 47.7 Å². The summed E-state index contributed by atoms with van der Waals surface area (Å²) in [4.78, 5) is 27.3. The van der Waals surface area contributed by atoms with Gasteiger partial charge in [-0.2, -0.15) is 9.46 Å². The number of amides is 3. The van der Waals surface area contributed by atoms with Crippen LogP contribution >= 0.6 is 0 Å². The van der Waals surface area contributed by atoms with Gasteiger partial charge in [-0.15, -0.1) is 0 Å². The number of carbonyl (C=O) groups excluding carboxylic acids is 1. The Morgan fingerprint density at radius 2 is 1.40 bits per heavy atom. The number of ether oxygens (including phenoxy) is 1. The van der Waals surface area contributed by atoms with E-state index in [4.69, 9.17) is 9.10 Å². The van der Waals surface area contributed by atoms with Gasteiger partial charge >= 0.3 is 12.1 Å². The molecule has 3 aliphatic rings. The Hall–Kier alpha value is -5.69. The summed E-state index contributed by atoms with van der Waals surface area (Å²) >= 11 is 0. The molecule has 272 valence electrons. The molecule has 0 fully saturated rings. The summed E-state index contributed by atoms with van der Waals surface area (Å²) in [6.07, 6.45) is 4.26. The molecule has 53 heavy (non-hydrogen) atoms. The third-order valence-corrected chi connectivity index (χ3v) is 12.5. The van der Waals surface area contributed by atoms with Crippen LogP contribution in [0.25, 0.3) is 0 Å². The molecule has 8 rings (SSSR count). The molecule has 4 aromatic carbocycles. The quantitative estimate of drug-likeness (QED) is 0.148. The van der Waals surface area contributed by atoms with Crippen LogP contribution < -0.4 is 14.8 Å². The highest BCUT2D eigenvalue weighted by Gasteiger charge is 2.41. The average molecular weight is 735 g/mol. The number of urea groups is 1. The lowest BCUT2D eigenvalue weighted by atomic mass is 9.78. The molecule has 1 aromatic heterocycles. The fraction of sp³-hybridized carbons (Fsp3) is 0.275. The average Bonchev–Trinajstić information content (AvgIpc) is 3.97. The molecule has 2 atom stereocenters. The van der Waals surface area contributed by atoms with E-state index in [2.05, 4.69) is 15.1 Å². The molecule has 3 N–H and O–H groups in total. The molecule has 5 aromatic rings. The lowest BCUT2D eigenvalue weighted by Gasteiger charge is -2.33. The SMILES string of the molecule is CN(C(=O)O)[C@@H]1COc2c(S(=O)(=NC(c3ccccc3)(c3ccccc3)c3ccccc3)NC(=O)Nc3c4c(c(F)c5c3CCC5)CCC4)cnn2C1. The van der Waals surface area contributed by atoms with E-state index in [-0.39, 0.29) is 29.7 Å². The molecule has 0 radical (unpaired) electrons. The molecular weight excluding hydrogens is 696 g/mol. The number of hydrogen-bond acceptors (Lipinski definition) is 6. The maximum atomic E-state index is 16.1. The Kier molecular flexibility index (Phi) is 8.89. The van der Waals surface area contributed by atoms with Crippen LogP contribution in [0.5, 0.6) is 5.88 Å². The maximum absolute atomic E-state index is 16.1. The highest BCUT2D eigenvalue weighted by Crippen LogP contribution is 2.44. The minimum absolute atomic E-state index is 0.0295. The number of nitrogens with one attached hydrogen (secondary N) is 2. The van der Waals surface area contributed by atoms with Gasteiger partial charge in [-0.05, 0) is 77.5 Å². The van der Waals surface area contributed by atoms with Gasteiger partial charge < -0.3 is 20.1 Å². The van der Waals surface area contributed by atoms with Crippen molar-refractivity contribution in [1.82, 2.24) is 19.4 Å². The number of halogens is 1. The fourth-order valence-electron chi connectivity index (χ4n) is 7.96. The van der Waals surface area contributed by atoms with Crippen molar-refractivity contribution in [2.45, 2.75) is 61.5 Å². The highest BCUT2D eigenvalue weighted by atomic mass is 32.2. The maximum Gasteiger partial charge on any atom is 0.407 e. The van der Waals surface area contributed by atoms with Crippen molar-refractivity contribution in [3.8, 4) is 5.88 Å². The zero-order chi connectivity index (χ0) is 36.7.